The summed E-state index contributed by atoms with van der Waals surface area (Å²) in [6, 6.07) is 13.6. The Morgan fingerprint density at radius 3 is 1.72 bits per heavy atom. The zero-order valence-corrected chi connectivity index (χ0v) is 20.8. The van der Waals surface area contributed by atoms with E-state index in [4.69, 9.17) is 4.99 Å². The summed E-state index contributed by atoms with van der Waals surface area (Å²) in [4.78, 5) is 5.26. The molecule has 1 N–H and O–H groups in total. The van der Waals surface area contributed by atoms with Gasteiger partial charge in [0.05, 0.1) is 5.69 Å². The van der Waals surface area contributed by atoms with Crippen molar-refractivity contribution in [2.24, 2.45) is 4.99 Å². The molecule has 2 aromatic rings. The zero-order valence-electron chi connectivity index (χ0n) is 20.8. The molecule has 0 fully saturated rings. The average Bonchev–Trinajstić information content (AvgIpc) is 2.79. The molecule has 2 heteroatoms. The van der Waals surface area contributed by atoms with Crippen LogP contribution < -0.4 is 5.32 Å². The van der Waals surface area contributed by atoms with Crippen LogP contribution in [-0.4, -0.2) is 5.71 Å². The lowest BCUT2D eigenvalue weighted by Crippen LogP contribution is -2.12. The summed E-state index contributed by atoms with van der Waals surface area (Å²) in [6.45, 7) is 9.05. The first-order valence-corrected chi connectivity index (χ1v) is 13.0. The van der Waals surface area contributed by atoms with Crippen LogP contribution in [0.25, 0.3) is 0 Å². The first kappa shape index (κ1) is 24.3. The summed E-state index contributed by atoms with van der Waals surface area (Å²) in [5.41, 5.74) is 10.8. The van der Waals surface area contributed by atoms with Gasteiger partial charge in [-0.15, -0.1) is 0 Å². The van der Waals surface area contributed by atoms with E-state index >= 15 is 0 Å². The molecule has 0 amide bonds. The highest BCUT2D eigenvalue weighted by Crippen LogP contribution is 2.31. The summed E-state index contributed by atoms with van der Waals surface area (Å²) in [5.74, 6) is 0. The molecule has 0 aliphatic heterocycles. The van der Waals surface area contributed by atoms with Crippen LogP contribution in [0.5, 0.6) is 0 Å². The molecule has 3 rings (SSSR count). The first-order valence-electron chi connectivity index (χ1n) is 13.0. The average molecular weight is 431 g/mol. The van der Waals surface area contributed by atoms with E-state index in [-0.39, 0.29) is 0 Å². The monoisotopic (exact) mass is 430 g/mol. The SMILES string of the molecule is CCCc1cccc(CCC)c1N=C1C=C(Nc2c(CCC)cccc2CCC)CCC1. The number of nitrogens with one attached hydrogen (secondary N) is 1. The van der Waals surface area contributed by atoms with Gasteiger partial charge in [-0.05, 0) is 73.3 Å². The summed E-state index contributed by atoms with van der Waals surface area (Å²) >= 11 is 0. The minimum atomic E-state index is 1.07. The molecule has 2 nitrogen and oxygen atoms in total. The fourth-order valence-corrected chi connectivity index (χ4v) is 4.80. The van der Waals surface area contributed by atoms with Crippen LogP contribution in [0.2, 0.25) is 0 Å². The third-order valence-electron chi connectivity index (χ3n) is 6.28. The van der Waals surface area contributed by atoms with Gasteiger partial charge in [-0.1, -0.05) is 89.8 Å². The molecule has 0 atom stereocenters. The molecule has 0 heterocycles. The van der Waals surface area contributed by atoms with Crippen LogP contribution in [0.1, 0.15) is 94.9 Å². The van der Waals surface area contributed by atoms with Crippen molar-refractivity contribution in [1.29, 1.82) is 0 Å². The fourth-order valence-electron chi connectivity index (χ4n) is 4.80. The van der Waals surface area contributed by atoms with Crippen LogP contribution in [0.3, 0.4) is 0 Å². The van der Waals surface area contributed by atoms with Gasteiger partial charge in [0.25, 0.3) is 0 Å². The number of benzene rings is 2. The molecule has 0 saturated carbocycles. The maximum absolute atomic E-state index is 5.26. The standard InChI is InChI=1S/C30H42N2/c1-5-12-23-16-9-17-24(13-6-2)29(23)31-27-20-11-21-28(22-27)32-30-25(14-7-3)18-10-19-26(30)15-8-4/h9-10,16-19,22,31H,5-8,11-15,20-21H2,1-4H3. The van der Waals surface area contributed by atoms with Gasteiger partial charge in [0, 0.05) is 17.1 Å². The number of nitrogens with zero attached hydrogens (tertiary/aromatic N) is 1. The van der Waals surface area contributed by atoms with Gasteiger partial charge in [0.15, 0.2) is 0 Å². The molecule has 172 valence electrons. The van der Waals surface area contributed by atoms with Gasteiger partial charge in [-0.3, -0.25) is 4.99 Å². The van der Waals surface area contributed by atoms with E-state index in [0.29, 0.717) is 0 Å². The zero-order chi connectivity index (χ0) is 22.8. The van der Waals surface area contributed by atoms with E-state index < -0.39 is 0 Å². The summed E-state index contributed by atoms with van der Waals surface area (Å²) in [5, 5.41) is 3.86. The Balaban J connectivity index is 1.95. The molecule has 1 aliphatic rings. The van der Waals surface area contributed by atoms with Crippen LogP contribution in [0, 0.1) is 0 Å². The number of hydrogen-bond donors (Lipinski definition) is 1. The number of anilines is 1. The highest BCUT2D eigenvalue weighted by Gasteiger charge is 2.15. The van der Waals surface area contributed by atoms with Crippen LogP contribution >= 0.6 is 0 Å². The molecule has 2 aromatic carbocycles. The second-order valence-electron chi connectivity index (χ2n) is 9.13. The van der Waals surface area contributed by atoms with Crippen LogP contribution in [-0.2, 0) is 25.7 Å². The number of aryl methyl sites for hydroxylation is 4. The third kappa shape index (κ3) is 6.34. The molecule has 0 radical (unpaired) electrons. The normalized spacial score (nSPS) is 15.1. The van der Waals surface area contributed by atoms with Crippen molar-refractivity contribution in [3.63, 3.8) is 0 Å². The highest BCUT2D eigenvalue weighted by molar-refractivity contribution is 5.98. The van der Waals surface area contributed by atoms with Gasteiger partial charge in [0.2, 0.25) is 0 Å². The van der Waals surface area contributed by atoms with E-state index in [9.17, 15) is 0 Å². The quantitative estimate of drug-likeness (QED) is 0.378. The van der Waals surface area contributed by atoms with Crippen molar-refractivity contribution in [1.82, 2.24) is 0 Å². The molecular formula is C30H42N2. The highest BCUT2D eigenvalue weighted by atomic mass is 14.9. The van der Waals surface area contributed by atoms with E-state index in [1.807, 2.05) is 0 Å². The third-order valence-corrected chi connectivity index (χ3v) is 6.28. The molecular weight excluding hydrogens is 388 g/mol. The molecule has 0 spiro atoms. The van der Waals surface area contributed by atoms with Crippen molar-refractivity contribution < 1.29 is 0 Å². The smallest absolute Gasteiger partial charge is 0.0696 e. The lowest BCUT2D eigenvalue weighted by molar-refractivity contribution is 0.833. The van der Waals surface area contributed by atoms with Crippen molar-refractivity contribution in [2.75, 3.05) is 5.32 Å². The molecule has 0 saturated heterocycles. The summed E-state index contributed by atoms with van der Waals surface area (Å²) in [7, 11) is 0. The minimum absolute atomic E-state index is 1.07. The van der Waals surface area contributed by atoms with Gasteiger partial charge in [-0.25, -0.2) is 0 Å². The summed E-state index contributed by atoms with van der Waals surface area (Å²) in [6.07, 6.45) is 14.8. The number of hydrogen-bond acceptors (Lipinski definition) is 2. The predicted octanol–water partition coefficient (Wildman–Crippen LogP) is 8.75. The first-order chi connectivity index (χ1) is 15.7. The number of allylic oxidation sites excluding steroid dienone is 2. The Hall–Kier alpha value is -2.35. The van der Waals surface area contributed by atoms with E-state index in [2.05, 4.69) is 75.5 Å². The second kappa shape index (κ2) is 12.6. The maximum Gasteiger partial charge on any atom is 0.0696 e. The van der Waals surface area contributed by atoms with Crippen molar-refractivity contribution in [2.45, 2.75) is 98.3 Å². The molecule has 1 aliphatic carbocycles. The number of rotatable bonds is 11. The van der Waals surface area contributed by atoms with E-state index in [1.54, 1.807) is 0 Å². The molecule has 0 unspecified atom stereocenters. The Labute approximate surface area is 196 Å². The minimum Gasteiger partial charge on any atom is -0.358 e. The Morgan fingerprint density at radius 2 is 1.19 bits per heavy atom. The van der Waals surface area contributed by atoms with Crippen molar-refractivity contribution in [3.05, 3.63) is 70.4 Å². The summed E-state index contributed by atoms with van der Waals surface area (Å²) < 4.78 is 0. The topological polar surface area (TPSA) is 24.4 Å². The predicted molar refractivity (Wildman–Crippen MR) is 142 cm³/mol. The Morgan fingerprint density at radius 1 is 0.688 bits per heavy atom. The maximum atomic E-state index is 5.26. The van der Waals surface area contributed by atoms with Gasteiger partial charge >= 0.3 is 0 Å². The molecule has 0 bridgehead atoms. The Bertz CT molecular complexity index is 887. The second-order valence-corrected chi connectivity index (χ2v) is 9.13. The lowest BCUT2D eigenvalue weighted by Gasteiger charge is -2.22. The van der Waals surface area contributed by atoms with Crippen molar-refractivity contribution >= 4 is 17.1 Å². The van der Waals surface area contributed by atoms with Crippen LogP contribution in [0.15, 0.2) is 53.2 Å². The van der Waals surface area contributed by atoms with E-state index in [1.165, 1.54) is 57.9 Å². The van der Waals surface area contributed by atoms with Crippen molar-refractivity contribution in [3.8, 4) is 0 Å². The number of para-hydroxylation sites is 2. The largest absolute Gasteiger partial charge is 0.358 e. The Kier molecular flexibility index (Phi) is 9.59. The van der Waals surface area contributed by atoms with E-state index in [0.717, 1.165) is 57.8 Å². The van der Waals surface area contributed by atoms with Gasteiger partial charge in [-0.2, -0.15) is 0 Å². The molecule has 0 aromatic heterocycles. The lowest BCUT2D eigenvalue weighted by atomic mass is 9.97. The van der Waals surface area contributed by atoms with Gasteiger partial charge < -0.3 is 5.32 Å². The van der Waals surface area contributed by atoms with Gasteiger partial charge in [0.1, 0.15) is 0 Å². The van der Waals surface area contributed by atoms with Crippen LogP contribution in [0.4, 0.5) is 11.4 Å². The number of aliphatic imine (C=N–C) groups is 1. The molecule has 32 heavy (non-hydrogen) atoms. The fraction of sp³-hybridized carbons (Fsp3) is 0.500.